The molecule has 1 aromatic rings. The standard InChI is InChI=1S/C5H5NOS/c1-4(7)5-2-6-3-8-5/h2-3H,1H3. The molecule has 0 saturated heterocycles. The van der Waals surface area contributed by atoms with Crippen molar-refractivity contribution in [2.24, 2.45) is 0 Å². The van der Waals surface area contributed by atoms with Crippen LogP contribution in [-0.2, 0) is 0 Å². The molecular weight excluding hydrogens is 122 g/mol. The Kier molecular flexibility index (Phi) is 1.39. The first kappa shape index (κ1) is 5.44. The number of ketones is 1. The van der Waals surface area contributed by atoms with Crippen LogP contribution >= 0.6 is 11.3 Å². The number of Topliss-reactive ketones (excluding diaryl/α,β-unsaturated/α-hetero) is 1. The second-order valence-electron chi connectivity index (χ2n) is 1.42. The molecule has 8 heavy (non-hydrogen) atoms. The van der Waals surface area contributed by atoms with Crippen LogP contribution in [-0.4, -0.2) is 10.8 Å². The summed E-state index contributed by atoms with van der Waals surface area (Å²) in [4.78, 5) is 14.9. The van der Waals surface area contributed by atoms with Crippen LogP contribution in [0.5, 0.6) is 0 Å². The van der Waals surface area contributed by atoms with E-state index >= 15 is 0 Å². The summed E-state index contributed by atoms with van der Waals surface area (Å²) in [6, 6.07) is 0. The van der Waals surface area contributed by atoms with Crippen molar-refractivity contribution < 1.29 is 4.79 Å². The lowest BCUT2D eigenvalue weighted by Gasteiger charge is -1.77. The van der Waals surface area contributed by atoms with Gasteiger partial charge in [0, 0.05) is 13.1 Å². The van der Waals surface area contributed by atoms with Crippen molar-refractivity contribution in [1.29, 1.82) is 0 Å². The summed E-state index contributed by atoms with van der Waals surface area (Å²) < 4.78 is 0. The van der Waals surface area contributed by atoms with Crippen LogP contribution < -0.4 is 0 Å². The minimum Gasteiger partial charge on any atom is -0.294 e. The molecule has 0 radical (unpaired) electrons. The van der Waals surface area contributed by atoms with Crippen molar-refractivity contribution in [1.82, 2.24) is 4.98 Å². The fraction of sp³-hybridized carbons (Fsp3) is 0.200. The van der Waals surface area contributed by atoms with Gasteiger partial charge in [0.2, 0.25) is 0 Å². The minimum atomic E-state index is 0.0903. The SMILES string of the molecule is CC(=O)c1cncs1. The highest BCUT2D eigenvalue weighted by molar-refractivity contribution is 7.11. The summed E-state index contributed by atoms with van der Waals surface area (Å²) in [6.07, 6.45) is 1.58. The Morgan fingerprint density at radius 2 is 2.62 bits per heavy atom. The van der Waals surface area contributed by atoms with Gasteiger partial charge in [-0.3, -0.25) is 9.78 Å². The quantitative estimate of drug-likeness (QED) is 0.533. The zero-order chi connectivity index (χ0) is 5.98. The molecule has 0 aliphatic carbocycles. The Labute approximate surface area is 51.2 Å². The Bertz CT molecular complexity index is 180. The Morgan fingerprint density at radius 1 is 1.88 bits per heavy atom. The lowest BCUT2D eigenvalue weighted by molar-refractivity contribution is 0.102. The molecule has 3 heteroatoms. The first-order valence-electron chi connectivity index (χ1n) is 2.20. The summed E-state index contributed by atoms with van der Waals surface area (Å²) in [5.41, 5.74) is 1.65. The van der Waals surface area contributed by atoms with Crippen molar-refractivity contribution in [3.8, 4) is 0 Å². The minimum absolute atomic E-state index is 0.0903. The molecule has 0 aliphatic rings. The van der Waals surface area contributed by atoms with Crippen molar-refractivity contribution in [2.75, 3.05) is 0 Å². The zero-order valence-electron chi connectivity index (χ0n) is 4.42. The van der Waals surface area contributed by atoms with Crippen LogP contribution in [0.2, 0.25) is 0 Å². The van der Waals surface area contributed by atoms with Gasteiger partial charge in [-0.1, -0.05) is 0 Å². The molecule has 0 atom stereocenters. The van der Waals surface area contributed by atoms with Gasteiger partial charge in [0.1, 0.15) is 0 Å². The maximum atomic E-state index is 10.5. The van der Waals surface area contributed by atoms with Gasteiger partial charge in [-0.15, -0.1) is 11.3 Å². The molecule has 0 spiro atoms. The maximum absolute atomic E-state index is 10.5. The van der Waals surface area contributed by atoms with Crippen LogP contribution in [0.3, 0.4) is 0 Å². The highest BCUT2D eigenvalue weighted by atomic mass is 32.1. The average Bonchev–Trinajstić information content (AvgIpc) is 2.12. The molecule has 1 heterocycles. The zero-order valence-corrected chi connectivity index (χ0v) is 5.23. The third kappa shape index (κ3) is 0.924. The number of carbonyl (C=O) groups excluding carboxylic acids is 1. The van der Waals surface area contributed by atoms with Crippen LogP contribution in [0.4, 0.5) is 0 Å². The smallest absolute Gasteiger partial charge is 0.171 e. The van der Waals surface area contributed by atoms with Crippen molar-refractivity contribution >= 4 is 17.1 Å². The van der Waals surface area contributed by atoms with E-state index in [4.69, 9.17) is 0 Å². The number of nitrogens with zero attached hydrogens (tertiary/aromatic N) is 1. The largest absolute Gasteiger partial charge is 0.294 e. The summed E-state index contributed by atoms with van der Waals surface area (Å²) >= 11 is 1.37. The van der Waals surface area contributed by atoms with Gasteiger partial charge in [0.25, 0.3) is 0 Å². The van der Waals surface area contributed by atoms with Crippen LogP contribution in [0.1, 0.15) is 16.6 Å². The van der Waals surface area contributed by atoms with Gasteiger partial charge in [-0.2, -0.15) is 0 Å². The van der Waals surface area contributed by atoms with Gasteiger partial charge in [-0.05, 0) is 0 Å². The van der Waals surface area contributed by atoms with E-state index in [1.54, 1.807) is 11.7 Å². The Morgan fingerprint density at radius 3 is 2.88 bits per heavy atom. The van der Waals surface area contributed by atoms with E-state index in [2.05, 4.69) is 4.98 Å². The third-order valence-corrected chi connectivity index (χ3v) is 1.65. The fourth-order valence-corrected chi connectivity index (χ4v) is 0.913. The van der Waals surface area contributed by atoms with Gasteiger partial charge >= 0.3 is 0 Å². The summed E-state index contributed by atoms with van der Waals surface area (Å²) in [7, 11) is 0. The molecule has 0 N–H and O–H groups in total. The van der Waals surface area contributed by atoms with E-state index in [0.717, 1.165) is 4.88 Å². The van der Waals surface area contributed by atoms with Gasteiger partial charge in [0.15, 0.2) is 5.78 Å². The number of rotatable bonds is 1. The third-order valence-electron chi connectivity index (χ3n) is 0.779. The summed E-state index contributed by atoms with van der Waals surface area (Å²) in [5, 5.41) is 0. The van der Waals surface area contributed by atoms with Crippen LogP contribution in [0.25, 0.3) is 0 Å². The number of hydrogen-bond acceptors (Lipinski definition) is 3. The monoisotopic (exact) mass is 127 g/mol. The van der Waals surface area contributed by atoms with E-state index in [1.165, 1.54) is 18.3 Å². The highest BCUT2D eigenvalue weighted by Crippen LogP contribution is 2.04. The fourth-order valence-electron chi connectivity index (χ4n) is 0.390. The first-order chi connectivity index (χ1) is 3.80. The van der Waals surface area contributed by atoms with Gasteiger partial charge in [0.05, 0.1) is 10.4 Å². The highest BCUT2D eigenvalue weighted by Gasteiger charge is 1.96. The summed E-state index contributed by atoms with van der Waals surface area (Å²) in [5.74, 6) is 0.0903. The van der Waals surface area contributed by atoms with Gasteiger partial charge in [-0.25, -0.2) is 0 Å². The first-order valence-corrected chi connectivity index (χ1v) is 3.08. The number of aromatic nitrogens is 1. The second-order valence-corrected chi connectivity index (χ2v) is 2.31. The molecule has 0 bridgehead atoms. The molecule has 0 amide bonds. The molecule has 42 valence electrons. The molecule has 0 aliphatic heterocycles. The molecular formula is C5H5NOS. The predicted octanol–water partition coefficient (Wildman–Crippen LogP) is 1.35. The van der Waals surface area contributed by atoms with Crippen LogP contribution in [0, 0.1) is 0 Å². The molecule has 1 rings (SSSR count). The second kappa shape index (κ2) is 2.05. The predicted molar refractivity (Wildman–Crippen MR) is 32.1 cm³/mol. The lowest BCUT2D eigenvalue weighted by Crippen LogP contribution is -1.83. The lowest BCUT2D eigenvalue weighted by atomic mass is 10.4. The van der Waals surface area contributed by atoms with E-state index in [1.807, 2.05) is 0 Å². The van der Waals surface area contributed by atoms with E-state index in [-0.39, 0.29) is 5.78 Å². The normalized spacial score (nSPS) is 9.12. The maximum Gasteiger partial charge on any atom is 0.171 e. The molecule has 2 nitrogen and oxygen atoms in total. The number of hydrogen-bond donors (Lipinski definition) is 0. The van der Waals surface area contributed by atoms with Crippen molar-refractivity contribution in [3.05, 3.63) is 16.6 Å². The molecule has 1 aromatic heterocycles. The Hall–Kier alpha value is -0.700. The molecule has 0 aromatic carbocycles. The van der Waals surface area contributed by atoms with Crippen LogP contribution in [0.15, 0.2) is 11.7 Å². The van der Waals surface area contributed by atoms with E-state index in [9.17, 15) is 4.79 Å². The van der Waals surface area contributed by atoms with Gasteiger partial charge < -0.3 is 0 Å². The number of thiazole rings is 1. The van der Waals surface area contributed by atoms with E-state index in [0.29, 0.717) is 0 Å². The summed E-state index contributed by atoms with van der Waals surface area (Å²) in [6.45, 7) is 1.54. The van der Waals surface area contributed by atoms with Crippen molar-refractivity contribution in [3.63, 3.8) is 0 Å². The molecule has 0 unspecified atom stereocenters. The van der Waals surface area contributed by atoms with Crippen molar-refractivity contribution in [2.45, 2.75) is 6.92 Å². The topological polar surface area (TPSA) is 30.0 Å². The van der Waals surface area contributed by atoms with E-state index < -0.39 is 0 Å². The molecule has 0 saturated carbocycles. The number of carbonyl (C=O) groups is 1. The Balaban J connectivity index is 2.93. The molecule has 0 fully saturated rings. The average molecular weight is 127 g/mol.